The first-order valence-electron chi connectivity index (χ1n) is 9.45. The molecule has 1 aliphatic heterocycles. The average Bonchev–Trinajstić information content (AvgIpc) is 3.33. The molecule has 3 aromatic rings. The molecule has 1 aromatic carbocycles. The van der Waals surface area contributed by atoms with E-state index in [-0.39, 0.29) is 0 Å². The van der Waals surface area contributed by atoms with Gasteiger partial charge in [0.25, 0.3) is 0 Å². The van der Waals surface area contributed by atoms with E-state index in [9.17, 15) is 0 Å². The van der Waals surface area contributed by atoms with Crippen molar-refractivity contribution in [2.24, 2.45) is 4.99 Å². The number of fused-ring (bicyclic) bond motifs is 1. The van der Waals surface area contributed by atoms with E-state index in [4.69, 9.17) is 4.74 Å². The van der Waals surface area contributed by atoms with Crippen LogP contribution in [0.15, 0.2) is 47.7 Å². The van der Waals surface area contributed by atoms with Gasteiger partial charge >= 0.3 is 0 Å². The standard InChI is InChI=1S/C20H22N6O/c1-3-15(19-22-13-23-25-19)10-17(4-1)26-20-16(12-24-26)9-14(11-21-20)7-8-27-18-5-2-6-18/h1,3-4,9-12,18,23H,2,5-8,13H2,(H,22,25). The van der Waals surface area contributed by atoms with Crippen LogP contribution in [0.2, 0.25) is 0 Å². The highest BCUT2D eigenvalue weighted by molar-refractivity contribution is 5.99. The van der Waals surface area contributed by atoms with Gasteiger partial charge in [-0.15, -0.1) is 0 Å². The molecule has 0 bridgehead atoms. The summed E-state index contributed by atoms with van der Waals surface area (Å²) < 4.78 is 7.73. The number of hydrogen-bond acceptors (Lipinski definition) is 6. The molecule has 5 rings (SSSR count). The maximum Gasteiger partial charge on any atom is 0.162 e. The van der Waals surface area contributed by atoms with E-state index in [0.717, 1.165) is 41.1 Å². The molecule has 1 fully saturated rings. The fourth-order valence-electron chi connectivity index (χ4n) is 3.40. The van der Waals surface area contributed by atoms with Crippen molar-refractivity contribution >= 4 is 16.9 Å². The van der Waals surface area contributed by atoms with Crippen LogP contribution in [0, 0.1) is 0 Å². The molecule has 2 aromatic heterocycles. The Kier molecular flexibility index (Phi) is 4.31. The molecule has 0 atom stereocenters. The quantitative estimate of drug-likeness (QED) is 0.704. The van der Waals surface area contributed by atoms with Crippen molar-refractivity contribution in [3.63, 3.8) is 0 Å². The van der Waals surface area contributed by atoms with Crippen LogP contribution in [0.3, 0.4) is 0 Å². The Labute approximate surface area is 157 Å². The van der Waals surface area contributed by atoms with Gasteiger partial charge in [-0.05, 0) is 49.4 Å². The molecule has 3 heterocycles. The van der Waals surface area contributed by atoms with Gasteiger partial charge in [0.15, 0.2) is 5.65 Å². The number of aromatic nitrogens is 3. The van der Waals surface area contributed by atoms with Crippen LogP contribution in [-0.4, -0.2) is 40.0 Å². The van der Waals surface area contributed by atoms with Gasteiger partial charge in [0.2, 0.25) is 0 Å². The Morgan fingerprint density at radius 2 is 2.15 bits per heavy atom. The molecule has 1 aliphatic carbocycles. The predicted molar refractivity (Wildman–Crippen MR) is 104 cm³/mol. The third kappa shape index (κ3) is 3.31. The summed E-state index contributed by atoms with van der Waals surface area (Å²) in [7, 11) is 0. The fourth-order valence-corrected chi connectivity index (χ4v) is 3.40. The summed E-state index contributed by atoms with van der Waals surface area (Å²) in [6.07, 6.45) is 8.89. The van der Waals surface area contributed by atoms with Crippen molar-refractivity contribution in [3.8, 4) is 5.69 Å². The highest BCUT2D eigenvalue weighted by Gasteiger charge is 2.17. The zero-order valence-electron chi connectivity index (χ0n) is 15.1. The first kappa shape index (κ1) is 16.4. The average molecular weight is 362 g/mol. The maximum absolute atomic E-state index is 5.86. The van der Waals surface area contributed by atoms with Crippen LogP contribution in [0.4, 0.5) is 0 Å². The number of ether oxygens (including phenoxy) is 1. The number of pyridine rings is 1. The number of rotatable bonds is 6. The molecular weight excluding hydrogens is 340 g/mol. The van der Waals surface area contributed by atoms with Crippen LogP contribution in [0.5, 0.6) is 0 Å². The molecule has 0 unspecified atom stereocenters. The molecule has 0 amide bonds. The molecule has 138 valence electrons. The normalized spacial score (nSPS) is 17.0. The third-order valence-electron chi connectivity index (χ3n) is 5.15. The Bertz CT molecular complexity index is 991. The van der Waals surface area contributed by atoms with E-state index in [1.165, 1.54) is 24.8 Å². The Balaban J connectivity index is 1.37. The van der Waals surface area contributed by atoms with Crippen molar-refractivity contribution in [2.45, 2.75) is 31.8 Å². The first-order valence-corrected chi connectivity index (χ1v) is 9.45. The minimum Gasteiger partial charge on any atom is -0.378 e. The Morgan fingerprint density at radius 1 is 1.19 bits per heavy atom. The lowest BCUT2D eigenvalue weighted by atomic mass is 9.96. The van der Waals surface area contributed by atoms with E-state index >= 15 is 0 Å². The molecule has 7 heteroatoms. The molecule has 0 saturated heterocycles. The molecule has 7 nitrogen and oxygen atoms in total. The van der Waals surface area contributed by atoms with E-state index in [1.807, 2.05) is 35.3 Å². The minimum atomic E-state index is 0.478. The summed E-state index contributed by atoms with van der Waals surface area (Å²) in [6.45, 7) is 1.34. The van der Waals surface area contributed by atoms with Crippen LogP contribution >= 0.6 is 0 Å². The van der Waals surface area contributed by atoms with E-state index in [0.29, 0.717) is 12.8 Å². The van der Waals surface area contributed by atoms with Gasteiger partial charge in [0.05, 0.1) is 24.6 Å². The smallest absolute Gasteiger partial charge is 0.162 e. The van der Waals surface area contributed by atoms with Crippen molar-refractivity contribution in [3.05, 3.63) is 53.9 Å². The molecule has 2 aliphatic rings. The van der Waals surface area contributed by atoms with E-state index in [1.54, 1.807) is 0 Å². The largest absolute Gasteiger partial charge is 0.378 e. The monoisotopic (exact) mass is 362 g/mol. The van der Waals surface area contributed by atoms with Gasteiger partial charge in [-0.2, -0.15) is 5.10 Å². The predicted octanol–water partition coefficient (Wildman–Crippen LogP) is 2.34. The molecule has 0 radical (unpaired) electrons. The summed E-state index contributed by atoms with van der Waals surface area (Å²) >= 11 is 0. The lowest BCUT2D eigenvalue weighted by Gasteiger charge is -2.25. The van der Waals surface area contributed by atoms with Crippen molar-refractivity contribution < 1.29 is 4.74 Å². The number of hydrazine groups is 1. The number of nitrogens with zero attached hydrogens (tertiary/aromatic N) is 4. The summed E-state index contributed by atoms with van der Waals surface area (Å²) in [6, 6.07) is 10.3. The molecular formula is C20H22N6O. The highest BCUT2D eigenvalue weighted by Crippen LogP contribution is 2.22. The summed E-state index contributed by atoms with van der Waals surface area (Å²) in [5.74, 6) is 0.843. The maximum atomic E-state index is 5.86. The molecule has 0 spiro atoms. The number of nitrogens with one attached hydrogen (secondary N) is 2. The van der Waals surface area contributed by atoms with Crippen LogP contribution < -0.4 is 10.9 Å². The second-order valence-electron chi connectivity index (χ2n) is 7.00. The summed E-state index contributed by atoms with van der Waals surface area (Å²) in [4.78, 5) is 9.05. The van der Waals surface area contributed by atoms with Gasteiger partial charge in [-0.1, -0.05) is 12.1 Å². The van der Waals surface area contributed by atoms with Crippen molar-refractivity contribution in [1.82, 2.24) is 25.6 Å². The fraction of sp³-hybridized carbons (Fsp3) is 0.350. The number of hydrogen-bond donors (Lipinski definition) is 2. The van der Waals surface area contributed by atoms with Gasteiger partial charge < -0.3 is 10.2 Å². The lowest BCUT2D eigenvalue weighted by molar-refractivity contribution is 0.00412. The topological polar surface area (TPSA) is 76.4 Å². The number of benzene rings is 1. The molecule has 27 heavy (non-hydrogen) atoms. The summed E-state index contributed by atoms with van der Waals surface area (Å²) in [5, 5.41) is 5.59. The van der Waals surface area contributed by atoms with Crippen molar-refractivity contribution in [2.75, 3.05) is 13.3 Å². The van der Waals surface area contributed by atoms with Crippen LogP contribution in [-0.2, 0) is 11.2 Å². The van der Waals surface area contributed by atoms with Gasteiger partial charge in [0.1, 0.15) is 12.5 Å². The first-order chi connectivity index (χ1) is 13.4. The van der Waals surface area contributed by atoms with Gasteiger partial charge in [-0.25, -0.2) is 20.1 Å². The SMILES string of the molecule is c1cc(C2=NCNN2)cc(-n2ncc3cc(CCOC4CCC4)cnc32)c1. The Morgan fingerprint density at radius 3 is 2.96 bits per heavy atom. The Hall–Kier alpha value is -2.77. The van der Waals surface area contributed by atoms with Crippen molar-refractivity contribution in [1.29, 1.82) is 0 Å². The van der Waals surface area contributed by atoms with E-state index < -0.39 is 0 Å². The van der Waals surface area contributed by atoms with Crippen LogP contribution in [0.25, 0.3) is 16.7 Å². The third-order valence-corrected chi connectivity index (χ3v) is 5.15. The van der Waals surface area contributed by atoms with Crippen LogP contribution in [0.1, 0.15) is 30.4 Å². The second kappa shape index (κ2) is 7.09. The minimum absolute atomic E-state index is 0.478. The van der Waals surface area contributed by atoms with Gasteiger partial charge in [-0.3, -0.25) is 0 Å². The number of aliphatic imine (C=N–C) groups is 1. The zero-order valence-corrected chi connectivity index (χ0v) is 15.1. The van der Waals surface area contributed by atoms with Gasteiger partial charge in [0, 0.05) is 17.1 Å². The second-order valence-corrected chi connectivity index (χ2v) is 7.00. The molecule has 1 saturated carbocycles. The number of amidine groups is 1. The van der Waals surface area contributed by atoms with E-state index in [2.05, 4.69) is 38.1 Å². The zero-order chi connectivity index (χ0) is 18.1. The highest BCUT2D eigenvalue weighted by atomic mass is 16.5. The molecule has 2 N–H and O–H groups in total. The summed E-state index contributed by atoms with van der Waals surface area (Å²) in [5.41, 5.74) is 10.1. The lowest BCUT2D eigenvalue weighted by Crippen LogP contribution is -2.30.